The van der Waals surface area contributed by atoms with Gasteiger partial charge in [0.25, 0.3) is 5.91 Å². The molecule has 1 aromatic rings. The largest absolute Gasteiger partial charge is 0.493 e. The van der Waals surface area contributed by atoms with Crippen LogP contribution in [0.1, 0.15) is 25.7 Å². The molecule has 1 fully saturated rings. The molecule has 0 aliphatic carbocycles. The fraction of sp³-hybridized carbons (Fsp3) is 0.467. The lowest BCUT2D eigenvalue weighted by molar-refractivity contribution is -0.156. The second kappa shape index (κ2) is 7.52. The second-order valence-corrected chi connectivity index (χ2v) is 4.93. The lowest BCUT2D eigenvalue weighted by Gasteiger charge is -2.14. The normalized spacial score (nSPS) is 18.5. The maximum Gasteiger partial charge on any atom is 0.310 e. The summed E-state index contributed by atoms with van der Waals surface area (Å²) in [6, 6.07) is 6.92. The molecule has 114 valence electrons. The number of rotatable bonds is 5. The molecule has 1 aliphatic rings. The van der Waals surface area contributed by atoms with Gasteiger partial charge in [-0.15, -0.1) is 0 Å². The van der Waals surface area contributed by atoms with Crippen molar-refractivity contribution in [2.45, 2.75) is 31.8 Å². The molecule has 1 saturated heterocycles. The molecular formula is C15H20N2O4. The smallest absolute Gasteiger partial charge is 0.310 e. The number of ether oxygens (including phenoxy) is 2. The van der Waals surface area contributed by atoms with E-state index in [9.17, 15) is 9.59 Å². The molecule has 6 nitrogen and oxygen atoms in total. The van der Waals surface area contributed by atoms with Crippen molar-refractivity contribution in [3.63, 3.8) is 0 Å². The van der Waals surface area contributed by atoms with Gasteiger partial charge in [0.1, 0.15) is 5.75 Å². The summed E-state index contributed by atoms with van der Waals surface area (Å²) in [5.41, 5.74) is 6.22. The summed E-state index contributed by atoms with van der Waals surface area (Å²) in [5.74, 6) is 0.0111. The minimum atomic E-state index is -0.670. The van der Waals surface area contributed by atoms with Crippen molar-refractivity contribution < 1.29 is 19.1 Å². The lowest BCUT2D eigenvalue weighted by Crippen LogP contribution is -2.36. The topological polar surface area (TPSA) is 90.7 Å². The van der Waals surface area contributed by atoms with Crippen LogP contribution in [0.15, 0.2) is 24.3 Å². The number of nitrogens with two attached hydrogens (primary N) is 1. The number of nitrogen functional groups attached to an aromatic ring is 1. The summed E-state index contributed by atoms with van der Waals surface area (Å²) in [5, 5.41) is 2.73. The fourth-order valence-corrected chi connectivity index (χ4v) is 2.06. The fourth-order valence-electron chi connectivity index (χ4n) is 2.06. The average Bonchev–Trinajstić information content (AvgIpc) is 2.66. The lowest BCUT2D eigenvalue weighted by atomic mass is 10.2. The molecule has 1 aromatic carbocycles. The number of hydrogen-bond acceptors (Lipinski definition) is 5. The third-order valence-electron chi connectivity index (χ3n) is 3.21. The predicted molar refractivity (Wildman–Crippen MR) is 77.7 cm³/mol. The van der Waals surface area contributed by atoms with Crippen molar-refractivity contribution in [1.82, 2.24) is 5.32 Å². The van der Waals surface area contributed by atoms with E-state index in [1.54, 1.807) is 24.3 Å². The van der Waals surface area contributed by atoms with Crippen molar-refractivity contribution in [2.75, 3.05) is 18.9 Å². The Labute approximate surface area is 123 Å². The van der Waals surface area contributed by atoms with Gasteiger partial charge in [-0.2, -0.15) is 0 Å². The predicted octanol–water partition coefficient (Wildman–Crippen LogP) is 1.25. The molecule has 0 bridgehead atoms. The van der Waals surface area contributed by atoms with E-state index in [0.717, 1.165) is 12.8 Å². The molecule has 0 radical (unpaired) electrons. The van der Waals surface area contributed by atoms with Crippen molar-refractivity contribution in [3.8, 4) is 5.75 Å². The Kier molecular flexibility index (Phi) is 5.43. The minimum Gasteiger partial charge on any atom is -0.493 e. The Bertz CT molecular complexity index is 487. The van der Waals surface area contributed by atoms with Crippen LogP contribution < -0.4 is 15.8 Å². The van der Waals surface area contributed by atoms with Gasteiger partial charge in [-0.05, 0) is 43.5 Å². The van der Waals surface area contributed by atoms with E-state index in [4.69, 9.17) is 15.2 Å². The van der Waals surface area contributed by atoms with Gasteiger partial charge < -0.3 is 20.5 Å². The van der Waals surface area contributed by atoms with Crippen molar-refractivity contribution in [2.24, 2.45) is 0 Å². The number of carbonyl (C=O) groups excluding carboxylic acids is 2. The van der Waals surface area contributed by atoms with Crippen LogP contribution in [0.3, 0.4) is 0 Å². The van der Waals surface area contributed by atoms with Crippen molar-refractivity contribution in [1.29, 1.82) is 0 Å². The van der Waals surface area contributed by atoms with E-state index in [1.807, 2.05) is 0 Å². The van der Waals surface area contributed by atoms with Gasteiger partial charge >= 0.3 is 5.97 Å². The number of benzene rings is 1. The molecule has 2 rings (SSSR count). The van der Waals surface area contributed by atoms with Crippen LogP contribution in [0.4, 0.5) is 5.69 Å². The van der Waals surface area contributed by atoms with Gasteiger partial charge in [0.2, 0.25) is 0 Å². The van der Waals surface area contributed by atoms with Gasteiger partial charge in [0.15, 0.2) is 6.10 Å². The highest BCUT2D eigenvalue weighted by atomic mass is 16.6. The maximum absolute atomic E-state index is 11.7. The molecule has 1 heterocycles. The van der Waals surface area contributed by atoms with E-state index < -0.39 is 12.1 Å². The number of esters is 1. The molecule has 1 amide bonds. The summed E-state index contributed by atoms with van der Waals surface area (Å²) >= 11 is 0. The van der Waals surface area contributed by atoms with Crippen LogP contribution in [0.2, 0.25) is 0 Å². The molecule has 3 N–H and O–H groups in total. The van der Waals surface area contributed by atoms with E-state index in [0.29, 0.717) is 24.4 Å². The van der Waals surface area contributed by atoms with Gasteiger partial charge in [0, 0.05) is 12.2 Å². The Morgan fingerprint density at radius 2 is 2.05 bits per heavy atom. The Hall–Kier alpha value is -2.24. The molecule has 0 spiro atoms. The SMILES string of the molecule is Nc1ccc(OCCC(=O)OC2CCCCNC2=O)cc1. The van der Waals surface area contributed by atoms with E-state index in [-0.39, 0.29) is 18.9 Å². The monoisotopic (exact) mass is 292 g/mol. The zero-order valence-corrected chi connectivity index (χ0v) is 11.8. The summed E-state index contributed by atoms with van der Waals surface area (Å²) < 4.78 is 10.6. The Morgan fingerprint density at radius 3 is 2.81 bits per heavy atom. The minimum absolute atomic E-state index is 0.105. The number of carbonyl (C=O) groups is 2. The highest BCUT2D eigenvalue weighted by molar-refractivity contribution is 5.83. The first kappa shape index (κ1) is 15.2. The first-order valence-electron chi connectivity index (χ1n) is 7.10. The molecule has 6 heteroatoms. The van der Waals surface area contributed by atoms with Crippen LogP contribution >= 0.6 is 0 Å². The first-order valence-corrected chi connectivity index (χ1v) is 7.10. The van der Waals surface area contributed by atoms with Gasteiger partial charge in [-0.3, -0.25) is 9.59 Å². The summed E-state index contributed by atoms with van der Waals surface area (Å²) in [6.07, 6.45) is 1.81. The van der Waals surface area contributed by atoms with Crippen molar-refractivity contribution in [3.05, 3.63) is 24.3 Å². The van der Waals surface area contributed by atoms with Crippen LogP contribution in [-0.2, 0) is 14.3 Å². The van der Waals surface area contributed by atoms with Gasteiger partial charge in [-0.25, -0.2) is 0 Å². The van der Waals surface area contributed by atoms with E-state index in [2.05, 4.69) is 5.32 Å². The molecular weight excluding hydrogens is 272 g/mol. The van der Waals surface area contributed by atoms with Gasteiger partial charge in [-0.1, -0.05) is 0 Å². The highest BCUT2D eigenvalue weighted by Crippen LogP contribution is 2.14. The summed E-state index contributed by atoms with van der Waals surface area (Å²) in [4.78, 5) is 23.4. The highest BCUT2D eigenvalue weighted by Gasteiger charge is 2.24. The van der Waals surface area contributed by atoms with Gasteiger partial charge in [0.05, 0.1) is 13.0 Å². The molecule has 0 saturated carbocycles. The van der Waals surface area contributed by atoms with E-state index in [1.165, 1.54) is 0 Å². The maximum atomic E-state index is 11.7. The van der Waals surface area contributed by atoms with Crippen LogP contribution in [-0.4, -0.2) is 31.1 Å². The molecule has 1 aliphatic heterocycles. The molecule has 1 atom stereocenters. The van der Waals surface area contributed by atoms with Crippen LogP contribution in [0, 0.1) is 0 Å². The third-order valence-corrected chi connectivity index (χ3v) is 3.21. The Morgan fingerprint density at radius 1 is 1.29 bits per heavy atom. The number of amides is 1. The number of anilines is 1. The molecule has 21 heavy (non-hydrogen) atoms. The number of hydrogen-bond donors (Lipinski definition) is 2. The van der Waals surface area contributed by atoms with Crippen LogP contribution in [0.25, 0.3) is 0 Å². The second-order valence-electron chi connectivity index (χ2n) is 4.93. The summed E-state index contributed by atoms with van der Waals surface area (Å²) in [7, 11) is 0. The molecule has 1 unspecified atom stereocenters. The number of nitrogens with one attached hydrogen (secondary N) is 1. The van der Waals surface area contributed by atoms with E-state index >= 15 is 0 Å². The third kappa shape index (κ3) is 4.98. The summed E-state index contributed by atoms with van der Waals surface area (Å²) in [6.45, 7) is 0.851. The molecule has 0 aromatic heterocycles. The first-order chi connectivity index (χ1) is 10.1. The Balaban J connectivity index is 1.71. The quantitative estimate of drug-likeness (QED) is 0.629. The average molecular weight is 292 g/mol. The van der Waals surface area contributed by atoms with Crippen molar-refractivity contribution >= 4 is 17.6 Å². The standard InChI is InChI=1S/C15H20N2O4/c16-11-4-6-12(7-5-11)20-10-8-14(18)21-13-3-1-2-9-17-15(13)19/h4-7,13H,1-3,8-10,16H2,(H,17,19). The zero-order valence-electron chi connectivity index (χ0n) is 11.8. The zero-order chi connectivity index (χ0) is 15.1. The van der Waals surface area contributed by atoms with Crippen LogP contribution in [0.5, 0.6) is 5.75 Å².